The van der Waals surface area contributed by atoms with Crippen LogP contribution < -0.4 is 5.32 Å². The van der Waals surface area contributed by atoms with E-state index in [1.54, 1.807) is 23.0 Å². The summed E-state index contributed by atoms with van der Waals surface area (Å²) in [7, 11) is 0. The predicted molar refractivity (Wildman–Crippen MR) is 90.6 cm³/mol. The molecule has 3 aromatic rings. The van der Waals surface area contributed by atoms with Crippen molar-refractivity contribution < 1.29 is 14.3 Å². The van der Waals surface area contributed by atoms with Crippen molar-refractivity contribution in [2.75, 3.05) is 5.32 Å². The number of anilines is 1. The van der Waals surface area contributed by atoms with Crippen LogP contribution in [0.1, 0.15) is 23.0 Å². The topological polar surface area (TPSA) is 96.5 Å². The lowest BCUT2D eigenvalue weighted by atomic mass is 10.3. The van der Waals surface area contributed by atoms with Crippen LogP contribution in [0.25, 0.3) is 4.96 Å². The Kier molecular flexibility index (Phi) is 4.53. The minimum atomic E-state index is -1.06. The van der Waals surface area contributed by atoms with Crippen molar-refractivity contribution in [1.29, 1.82) is 5.26 Å². The van der Waals surface area contributed by atoms with E-state index < -0.39 is 18.0 Å². The Morgan fingerprint density at radius 1 is 1.46 bits per heavy atom. The fraction of sp³-hybridized carbons (Fsp3) is 0.143. The molecule has 3 aromatic heterocycles. The maximum absolute atomic E-state index is 12.3. The van der Waals surface area contributed by atoms with E-state index in [1.165, 1.54) is 34.0 Å². The minimum absolute atomic E-state index is 0.0180. The molecule has 0 radical (unpaired) electrons. The van der Waals surface area contributed by atoms with Crippen LogP contribution in [-0.4, -0.2) is 27.4 Å². The Morgan fingerprint density at radius 2 is 2.25 bits per heavy atom. The fourth-order valence-electron chi connectivity index (χ4n) is 1.92. The molecule has 10 heteroatoms. The van der Waals surface area contributed by atoms with Crippen molar-refractivity contribution in [3.8, 4) is 6.07 Å². The summed E-state index contributed by atoms with van der Waals surface area (Å²) in [5.41, 5.74) is 0.423. The number of fused-ring (bicyclic) bond motifs is 1. The van der Waals surface area contributed by atoms with Gasteiger partial charge < -0.3 is 10.1 Å². The van der Waals surface area contributed by atoms with Gasteiger partial charge in [-0.15, -0.1) is 22.7 Å². The molecule has 0 aromatic carbocycles. The molecule has 0 spiro atoms. The van der Waals surface area contributed by atoms with Crippen LogP contribution >= 0.6 is 34.3 Å². The summed E-state index contributed by atoms with van der Waals surface area (Å²) < 4.78 is 6.67. The number of halogens is 1. The number of nitriles is 1. The average Bonchev–Trinajstić information content (AvgIpc) is 3.22. The third-order valence-corrected chi connectivity index (χ3v) is 4.94. The second kappa shape index (κ2) is 6.60. The molecule has 1 amide bonds. The van der Waals surface area contributed by atoms with Crippen LogP contribution in [0.5, 0.6) is 0 Å². The quantitative estimate of drug-likeness (QED) is 0.701. The lowest BCUT2D eigenvalue weighted by molar-refractivity contribution is -0.123. The molecular weight excluding hydrogens is 372 g/mol. The highest BCUT2D eigenvalue weighted by Gasteiger charge is 2.25. The van der Waals surface area contributed by atoms with E-state index in [0.29, 0.717) is 15.5 Å². The van der Waals surface area contributed by atoms with Crippen molar-refractivity contribution in [1.82, 2.24) is 9.38 Å². The first kappa shape index (κ1) is 16.4. The van der Waals surface area contributed by atoms with E-state index in [4.69, 9.17) is 21.6 Å². The molecular formula is C14H9ClN4O3S2. The zero-order chi connectivity index (χ0) is 17.3. The number of hydrogen-bond acceptors (Lipinski definition) is 7. The number of carbonyl (C=O) groups is 2. The number of amides is 1. The Labute approximate surface area is 149 Å². The number of thiophene rings is 1. The number of aromatic nitrogens is 2. The number of carbonyl (C=O) groups excluding carboxylic acids is 2. The number of nitrogens with zero attached hydrogens (tertiary/aromatic N) is 3. The fourth-order valence-corrected chi connectivity index (χ4v) is 3.67. The zero-order valence-electron chi connectivity index (χ0n) is 12.1. The number of ether oxygens (including phenoxy) is 1. The smallest absolute Gasteiger partial charge is 0.359 e. The maximum atomic E-state index is 12.3. The van der Waals surface area contributed by atoms with Crippen LogP contribution in [0.2, 0.25) is 5.15 Å². The third kappa shape index (κ3) is 2.99. The first-order chi connectivity index (χ1) is 11.5. The molecule has 0 bridgehead atoms. The molecule has 0 aliphatic carbocycles. The van der Waals surface area contributed by atoms with Crippen LogP contribution in [0.15, 0.2) is 23.0 Å². The van der Waals surface area contributed by atoms with Gasteiger partial charge in [-0.1, -0.05) is 11.6 Å². The molecule has 0 saturated carbocycles. The van der Waals surface area contributed by atoms with E-state index in [2.05, 4.69) is 10.3 Å². The second-order valence-corrected chi connectivity index (χ2v) is 6.77. The number of esters is 1. The van der Waals surface area contributed by atoms with Gasteiger partial charge in [-0.05, 0) is 18.4 Å². The standard InChI is InChI=1S/C14H9ClN4O3S2/c1-7(11(20)18-12-8(6-16)2-4-23-12)22-13(21)9-10(15)17-14-19(9)3-5-24-14/h2-5,7H,1H3,(H,18,20)/t7-/m0/s1. The van der Waals surface area contributed by atoms with E-state index in [1.807, 2.05) is 6.07 Å². The minimum Gasteiger partial charge on any atom is -0.448 e. The molecule has 122 valence electrons. The van der Waals surface area contributed by atoms with Gasteiger partial charge in [-0.2, -0.15) is 5.26 Å². The highest BCUT2D eigenvalue weighted by molar-refractivity contribution is 7.15. The van der Waals surface area contributed by atoms with E-state index in [-0.39, 0.29) is 10.8 Å². The predicted octanol–water partition coefficient (Wildman–Crippen LogP) is 3.17. The molecule has 0 unspecified atom stereocenters. The summed E-state index contributed by atoms with van der Waals surface area (Å²) >= 11 is 8.50. The van der Waals surface area contributed by atoms with Crippen molar-refractivity contribution in [3.63, 3.8) is 0 Å². The molecule has 24 heavy (non-hydrogen) atoms. The van der Waals surface area contributed by atoms with Gasteiger partial charge in [-0.3, -0.25) is 9.20 Å². The van der Waals surface area contributed by atoms with Crippen molar-refractivity contribution in [3.05, 3.63) is 39.4 Å². The van der Waals surface area contributed by atoms with Crippen molar-refractivity contribution in [2.24, 2.45) is 0 Å². The summed E-state index contributed by atoms with van der Waals surface area (Å²) in [6.45, 7) is 1.44. The Bertz CT molecular complexity index is 968. The molecule has 1 N–H and O–H groups in total. The number of hydrogen-bond donors (Lipinski definition) is 1. The molecule has 1 atom stereocenters. The molecule has 0 saturated heterocycles. The van der Waals surface area contributed by atoms with Gasteiger partial charge in [0.1, 0.15) is 11.1 Å². The summed E-state index contributed by atoms with van der Waals surface area (Å²) in [5, 5.41) is 15.4. The highest BCUT2D eigenvalue weighted by atomic mass is 35.5. The molecule has 0 fully saturated rings. The second-order valence-electron chi connectivity index (χ2n) is 4.62. The third-order valence-electron chi connectivity index (χ3n) is 3.09. The van der Waals surface area contributed by atoms with Gasteiger partial charge in [0, 0.05) is 11.6 Å². The lowest BCUT2D eigenvalue weighted by Gasteiger charge is -2.12. The van der Waals surface area contributed by atoms with Crippen LogP contribution in [0.3, 0.4) is 0 Å². The summed E-state index contributed by atoms with van der Waals surface area (Å²) in [4.78, 5) is 29.0. The SMILES string of the molecule is C[C@H](OC(=O)c1c(Cl)nc2sccn12)C(=O)Nc1sccc1C#N. The number of nitrogens with one attached hydrogen (secondary N) is 1. The Morgan fingerprint density at radius 3 is 3.00 bits per heavy atom. The lowest BCUT2D eigenvalue weighted by Crippen LogP contribution is -2.30. The van der Waals surface area contributed by atoms with E-state index >= 15 is 0 Å². The molecule has 0 aliphatic heterocycles. The van der Waals surface area contributed by atoms with Crippen molar-refractivity contribution >= 4 is 56.1 Å². The monoisotopic (exact) mass is 380 g/mol. The first-order valence-electron chi connectivity index (χ1n) is 6.61. The average molecular weight is 381 g/mol. The Hall–Kier alpha value is -2.41. The molecule has 0 aliphatic rings. The Balaban J connectivity index is 1.72. The number of rotatable bonds is 4. The van der Waals surface area contributed by atoms with E-state index in [9.17, 15) is 9.59 Å². The van der Waals surface area contributed by atoms with Crippen LogP contribution in [-0.2, 0) is 9.53 Å². The van der Waals surface area contributed by atoms with Gasteiger partial charge >= 0.3 is 5.97 Å². The van der Waals surface area contributed by atoms with Gasteiger partial charge in [0.25, 0.3) is 5.91 Å². The number of imidazole rings is 1. The van der Waals surface area contributed by atoms with Gasteiger partial charge in [0.05, 0.1) is 5.56 Å². The van der Waals surface area contributed by atoms with E-state index in [0.717, 1.165) is 0 Å². The zero-order valence-corrected chi connectivity index (χ0v) is 14.5. The van der Waals surface area contributed by atoms with Crippen LogP contribution in [0, 0.1) is 11.3 Å². The van der Waals surface area contributed by atoms with Gasteiger partial charge in [0.2, 0.25) is 0 Å². The largest absolute Gasteiger partial charge is 0.448 e. The molecule has 7 nitrogen and oxygen atoms in total. The molecule has 3 rings (SSSR count). The highest BCUT2D eigenvalue weighted by Crippen LogP contribution is 2.24. The van der Waals surface area contributed by atoms with Crippen molar-refractivity contribution in [2.45, 2.75) is 13.0 Å². The maximum Gasteiger partial charge on any atom is 0.359 e. The summed E-state index contributed by atoms with van der Waals surface area (Å²) in [5.74, 6) is -1.29. The summed E-state index contributed by atoms with van der Waals surface area (Å²) in [6, 6.07) is 3.56. The van der Waals surface area contributed by atoms with Crippen LogP contribution in [0.4, 0.5) is 5.00 Å². The summed E-state index contributed by atoms with van der Waals surface area (Å²) in [6.07, 6.45) is 0.580. The first-order valence-corrected chi connectivity index (χ1v) is 8.75. The normalized spacial score (nSPS) is 11.9. The number of thiazole rings is 1. The van der Waals surface area contributed by atoms with Gasteiger partial charge in [0.15, 0.2) is 21.9 Å². The van der Waals surface area contributed by atoms with Gasteiger partial charge in [-0.25, -0.2) is 9.78 Å². The molecule has 3 heterocycles.